The van der Waals surface area contributed by atoms with Crippen molar-refractivity contribution in [1.82, 2.24) is 103 Å². The first-order valence-electron chi connectivity index (χ1n) is 45.5. The zero-order valence-electron chi connectivity index (χ0n) is 78.1. The number of nitrogens with zero attached hydrogens (tertiary/aromatic N) is 6. The molecule has 44 heteroatoms. The first-order valence-corrected chi connectivity index (χ1v) is 46.6. The zero-order chi connectivity index (χ0) is 99.7. The molecule has 5 heterocycles. The van der Waals surface area contributed by atoms with Crippen LogP contribution in [0, 0.1) is 11.3 Å². The fraction of sp³-hybridized carbons (Fsp3) is 0.484. The van der Waals surface area contributed by atoms with Crippen LogP contribution in [0.3, 0.4) is 0 Å². The maximum Gasteiger partial charge on any atom is 0.248 e. The lowest BCUT2D eigenvalue weighted by Gasteiger charge is -2.36. The van der Waals surface area contributed by atoms with Gasteiger partial charge in [0.1, 0.15) is 84.8 Å². The minimum atomic E-state index is -1.89. The van der Waals surface area contributed by atoms with Gasteiger partial charge in [0.15, 0.2) is 5.96 Å². The number of aromatic amines is 3. The third-order valence-electron chi connectivity index (χ3n) is 23.7. The lowest BCUT2D eigenvalue weighted by molar-refractivity contribution is -0.151. The molecule has 43 nitrogen and oxygen atoms in total. The van der Waals surface area contributed by atoms with Gasteiger partial charge in [-0.25, -0.2) is 4.98 Å². The lowest BCUT2D eigenvalue weighted by Crippen LogP contribution is -2.62. The first-order chi connectivity index (χ1) is 65.4. The molecule has 2 saturated heterocycles. The van der Waals surface area contributed by atoms with Gasteiger partial charge >= 0.3 is 0 Å². The number of nitrogens with one attached hydrogen (secondary N) is 15. The van der Waals surface area contributed by atoms with Crippen molar-refractivity contribution in [3.05, 3.63) is 162 Å². The number of hydrogen-bond donors (Lipinski definition) is 20. The molecule has 9 rings (SSSR count). The van der Waals surface area contributed by atoms with Gasteiger partial charge in [-0.15, -0.1) is 11.8 Å². The monoisotopic (exact) mass is 1920 g/mol. The molecule has 0 aliphatic carbocycles. The topological polar surface area (TPSA) is 634 Å². The zero-order valence-corrected chi connectivity index (χ0v) is 78.9. The molecule has 23 N–H and O–H groups in total. The van der Waals surface area contributed by atoms with Crippen LogP contribution in [0.15, 0.2) is 134 Å². The van der Waals surface area contributed by atoms with Gasteiger partial charge in [-0.1, -0.05) is 131 Å². The Labute approximate surface area is 796 Å². The van der Waals surface area contributed by atoms with Gasteiger partial charge in [0.2, 0.25) is 94.5 Å². The number of ether oxygens (including phenoxy) is 1. The predicted octanol–water partition coefficient (Wildman–Crippen LogP) is -2.32. The molecule has 14 atom stereocenters. The number of amides is 16. The molecule has 2 aliphatic heterocycles. The Morgan fingerprint density at radius 1 is 0.569 bits per heavy atom. The van der Waals surface area contributed by atoms with Crippen molar-refractivity contribution >= 4 is 134 Å². The largest absolute Gasteiger partial charge is 0.394 e. The summed E-state index contributed by atoms with van der Waals surface area (Å²) < 4.78 is 6.28. The van der Waals surface area contributed by atoms with E-state index in [0.29, 0.717) is 62.6 Å². The summed E-state index contributed by atoms with van der Waals surface area (Å²) in [6.07, 6.45) is 3.29. The maximum absolute atomic E-state index is 15.9. The van der Waals surface area contributed by atoms with Crippen LogP contribution in [-0.2, 0) is 114 Å². The minimum absolute atomic E-state index is 0.0111. The molecule has 4 aromatic carbocycles. The number of H-pyrrole nitrogens is 3. The number of likely N-dealkylation sites (N-methyl/N-ethyl adjacent to an activating group) is 4. The van der Waals surface area contributed by atoms with Crippen molar-refractivity contribution < 1.29 is 91.7 Å². The number of unbranched alkanes of at least 4 members (excludes halogenated alkanes) is 1. The number of primary amides is 1. The Morgan fingerprint density at radius 2 is 1.12 bits per heavy atom. The van der Waals surface area contributed by atoms with Crippen LogP contribution in [0.25, 0.3) is 21.8 Å². The molecule has 3 aromatic heterocycles. The van der Waals surface area contributed by atoms with Crippen LogP contribution in [0.2, 0.25) is 0 Å². The number of aromatic nitrogens is 4. The van der Waals surface area contributed by atoms with Crippen LogP contribution in [0.4, 0.5) is 0 Å². The predicted molar refractivity (Wildman–Crippen MR) is 507 cm³/mol. The fourth-order valence-electron chi connectivity index (χ4n) is 16.2. The Balaban J connectivity index is 1.10. The number of hydrogen-bond acceptors (Lipinski definition) is 23. The molecule has 0 radical (unpaired) electrons. The van der Waals surface area contributed by atoms with Gasteiger partial charge in [-0.2, -0.15) is 0 Å². The standard InChI is InChI=1S/C93H128N24O19S/c1-9-10-32-73-86(129)106-64(31-21-34-99-93(96)97)82(125)112-72(81(124)102-45-77(95)120)50-137-51-79(122)105-68(37-55-23-13-11-14-24-55)89(132)114(6)54(4)80(123)108-70(41-76(94)119)91(134)117-35-22-33-74(117)87(130)107-66(40-59-44-98-52-103-59)84(127)109-67(36-53(2)3)88(131)113(5)46-78(121)104-65(38-57-42-100-62-29-19-17-27-60(57)62)83(126)111-71(47-118)85(128)110-69(39-58-43-101-63-30-20-18-28-61(58)63)90(133)116(8)75(92(135)115(73)7)49-136-48-56-25-15-12-16-26-56/h11-20,23-30,42-44,52-54,64-75,77,100-101,118,120H,9-10,21-22,31-41,45-51,95H2,1-8H3,(H2,94,119)(H,98,103)(H,102,124)(H,104,121)(H,105,122)(H,106,129)(H,107,130)(H,108,123)(H,109,127)(H,110,128)(H,111,126)(H,112,125)(H4,96,97,99)/t54-,64-,65-,66-,67-,68-,69-,70-,71-,72-,73-,74-,75-,77?/m0/s1. The molecule has 2 fully saturated rings. The summed E-state index contributed by atoms with van der Waals surface area (Å²) >= 11 is 0.806. The Kier molecular flexibility index (Phi) is 40.8. The van der Waals surface area contributed by atoms with Crippen LogP contribution in [0.1, 0.15) is 113 Å². The number of carbonyl (C=O) groups excluding carboxylic acids is 16. The summed E-state index contributed by atoms with van der Waals surface area (Å²) in [5.74, 6) is -16.5. The fourth-order valence-corrected chi connectivity index (χ4v) is 17.0. The number of benzene rings is 4. The number of aliphatic hydroxyl groups excluding tert-OH is 2. The van der Waals surface area contributed by atoms with Gasteiger partial charge in [0.05, 0.1) is 51.4 Å². The molecule has 0 bridgehead atoms. The summed E-state index contributed by atoms with van der Waals surface area (Å²) in [6.45, 7) is 3.53. The Hall–Kier alpha value is -13.9. The van der Waals surface area contributed by atoms with E-state index in [1.54, 1.807) is 135 Å². The molecule has 2 aliphatic rings. The maximum atomic E-state index is 15.9. The Bertz CT molecular complexity index is 5330. The van der Waals surface area contributed by atoms with E-state index < -0.39 is 229 Å². The van der Waals surface area contributed by atoms with Crippen molar-refractivity contribution in [2.24, 2.45) is 23.1 Å². The number of fused-ring (bicyclic) bond motifs is 3. The molecule has 137 heavy (non-hydrogen) atoms. The van der Waals surface area contributed by atoms with Gasteiger partial charge in [0.25, 0.3) is 0 Å². The molecular formula is C93H128N24O19S. The van der Waals surface area contributed by atoms with E-state index in [1.165, 1.54) is 47.6 Å². The van der Waals surface area contributed by atoms with Crippen molar-refractivity contribution in [3.63, 3.8) is 0 Å². The lowest BCUT2D eigenvalue weighted by atomic mass is 10.0. The molecule has 740 valence electrons. The number of rotatable bonds is 27. The number of para-hydroxylation sites is 2. The van der Waals surface area contributed by atoms with Crippen molar-refractivity contribution in [2.45, 2.75) is 203 Å². The van der Waals surface area contributed by atoms with Gasteiger partial charge in [-0.3, -0.25) is 82.1 Å². The van der Waals surface area contributed by atoms with Gasteiger partial charge in [0, 0.05) is 119 Å². The molecule has 0 saturated carbocycles. The minimum Gasteiger partial charge on any atom is -0.394 e. The highest BCUT2D eigenvalue weighted by molar-refractivity contribution is 8.00. The van der Waals surface area contributed by atoms with Crippen LogP contribution in [0.5, 0.6) is 0 Å². The van der Waals surface area contributed by atoms with E-state index >= 15 is 28.8 Å². The average Bonchev–Trinajstić information content (AvgIpc) is 1.55. The number of thioether (sulfide) groups is 1. The third-order valence-corrected chi connectivity index (χ3v) is 24.8. The number of nitrogens with two attached hydrogens (primary N) is 3. The third kappa shape index (κ3) is 31.4. The highest BCUT2D eigenvalue weighted by Gasteiger charge is 2.44. The molecule has 7 aromatic rings. The summed E-state index contributed by atoms with van der Waals surface area (Å²) in [4.78, 5) is 256. The number of guanidine groups is 1. The van der Waals surface area contributed by atoms with Crippen molar-refractivity contribution in [2.75, 3.05) is 79.1 Å². The summed E-state index contributed by atoms with van der Waals surface area (Å²) in [6, 6.07) is 11.1. The second-order valence-electron chi connectivity index (χ2n) is 34.6. The van der Waals surface area contributed by atoms with E-state index in [9.17, 15) is 58.2 Å². The Morgan fingerprint density at radius 3 is 1.72 bits per heavy atom. The number of imidazole rings is 1. The molecule has 1 unspecified atom stereocenters. The normalized spacial score (nSPS) is 23.3. The summed E-state index contributed by atoms with van der Waals surface area (Å²) in [5.41, 5.74) is 20.9. The molecule has 0 spiro atoms. The van der Waals surface area contributed by atoms with Crippen molar-refractivity contribution in [3.8, 4) is 0 Å². The first kappa shape index (κ1) is 107. The van der Waals surface area contributed by atoms with Gasteiger partial charge < -0.3 is 130 Å². The second kappa shape index (κ2) is 52.3. The summed E-state index contributed by atoms with van der Waals surface area (Å²) in [7, 11) is 5.14. The quantitative estimate of drug-likeness (QED) is 0.0111. The van der Waals surface area contributed by atoms with Crippen LogP contribution >= 0.6 is 11.8 Å². The second-order valence-corrected chi connectivity index (χ2v) is 35.7. The number of aliphatic hydroxyl groups is 2. The van der Waals surface area contributed by atoms with Crippen LogP contribution in [-0.4, -0.2) is 319 Å². The van der Waals surface area contributed by atoms with E-state index in [1.807, 2.05) is 6.92 Å². The highest BCUT2D eigenvalue weighted by Crippen LogP contribution is 2.26. The van der Waals surface area contributed by atoms with Crippen molar-refractivity contribution in [1.29, 1.82) is 5.41 Å². The highest BCUT2D eigenvalue weighted by atomic mass is 32.2. The summed E-state index contributed by atoms with van der Waals surface area (Å²) in [5, 5.41) is 59.8. The molecule has 16 amide bonds. The van der Waals surface area contributed by atoms with Gasteiger partial charge in [-0.05, 0) is 85.8 Å². The number of carbonyl (C=O) groups is 16. The SMILES string of the molecule is CCCC[C@H]1C(=O)N[C@@H](CCCNC(=N)N)C(=O)N[C@H](C(=O)NCC(N)O)CSCC(=O)N[C@@H](Cc2ccccc2)C(=O)N(C)[C@@H](C)C(=O)N[C@@H](CC(N)=O)C(=O)N2CCC[C@H]2C(=O)N[C@@H](Cc2cnc[nH]2)C(=O)N[C@@H](CC(C)C)C(=O)N(C)CC(=O)N[C@@H](Cc2c[nH]c3ccccc23)C(=O)N[C@@H](CO)C(=O)N[C@@H](Cc2c[nH]c3ccccc23)C(=O)N(C)[C@@H](COCc2ccccc2)C(=O)N1C. The molecular weight excluding hydrogens is 1790 g/mol. The van der Waals surface area contributed by atoms with E-state index in [-0.39, 0.29) is 89.8 Å². The van der Waals surface area contributed by atoms with E-state index in [0.717, 1.165) is 36.3 Å². The van der Waals surface area contributed by atoms with Crippen LogP contribution < -0.4 is 75.7 Å². The van der Waals surface area contributed by atoms with E-state index in [4.69, 9.17) is 27.3 Å². The average molecular weight is 1920 g/mol. The smallest absolute Gasteiger partial charge is 0.248 e. The van der Waals surface area contributed by atoms with E-state index in [2.05, 4.69) is 78.4 Å².